The van der Waals surface area contributed by atoms with Gasteiger partial charge >= 0.3 is 5.97 Å². The summed E-state index contributed by atoms with van der Waals surface area (Å²) in [6, 6.07) is 8.89. The zero-order valence-electron chi connectivity index (χ0n) is 29.1. The number of benzene rings is 2. The molecule has 10 nitrogen and oxygen atoms in total. The molecule has 14 heteroatoms. The van der Waals surface area contributed by atoms with Crippen LogP contribution in [0.3, 0.4) is 0 Å². The summed E-state index contributed by atoms with van der Waals surface area (Å²) in [5, 5.41) is 9.05. The van der Waals surface area contributed by atoms with E-state index in [-0.39, 0.29) is 28.9 Å². The Balaban J connectivity index is 1.57. The van der Waals surface area contributed by atoms with Gasteiger partial charge in [-0.2, -0.15) is 21.4 Å². The molecule has 0 aromatic heterocycles. The second-order valence-corrected chi connectivity index (χ2v) is 19.0. The third-order valence-corrected chi connectivity index (χ3v) is 12.7. The average molecular weight is 964 g/mol. The van der Waals surface area contributed by atoms with Gasteiger partial charge in [-0.3, -0.25) is 13.9 Å². The molecule has 3 N–H and O–H groups in total. The lowest BCUT2D eigenvalue weighted by molar-refractivity contribution is -0.438. The Kier molecular flexibility index (Phi) is 13.6. The number of hydrogen-bond acceptors (Lipinski definition) is 6. The van der Waals surface area contributed by atoms with Crippen molar-refractivity contribution in [3.63, 3.8) is 0 Å². The van der Waals surface area contributed by atoms with Crippen molar-refractivity contribution in [1.82, 2.24) is 0 Å². The number of likely N-dealkylation sites (N-methyl/N-ethyl adjacent to an activating group) is 1. The molecule has 2 aromatic carbocycles. The smallest absolute Gasteiger partial charge is 0.303 e. The molecule has 0 saturated heterocycles. The predicted octanol–water partition coefficient (Wildman–Crippen LogP) is 8.18. The number of unbranched alkanes of at least 4 members (excludes halogenated alkanes) is 3. The van der Waals surface area contributed by atoms with Crippen molar-refractivity contribution in [1.29, 1.82) is 0 Å². The molecule has 0 saturated carbocycles. The van der Waals surface area contributed by atoms with Crippen molar-refractivity contribution >= 4 is 88.5 Å². The fourth-order valence-electron chi connectivity index (χ4n) is 7.08. The monoisotopic (exact) mass is 963 g/mol. The lowest BCUT2D eigenvalue weighted by Gasteiger charge is -2.29. The van der Waals surface area contributed by atoms with Crippen molar-refractivity contribution in [2.24, 2.45) is 0 Å². The van der Waals surface area contributed by atoms with Gasteiger partial charge in [-0.1, -0.05) is 43.2 Å². The zero-order valence-corrected chi connectivity index (χ0v) is 35.1. The second kappa shape index (κ2) is 16.7. The van der Waals surface area contributed by atoms with E-state index in [4.69, 9.17) is 9.66 Å². The van der Waals surface area contributed by atoms with Crippen LogP contribution in [0.15, 0.2) is 83.5 Å². The number of fused-ring (bicyclic) bond motifs is 2. The van der Waals surface area contributed by atoms with Gasteiger partial charge < -0.3 is 10.0 Å². The highest BCUT2D eigenvalue weighted by Gasteiger charge is 2.45. The van der Waals surface area contributed by atoms with Gasteiger partial charge in [0.05, 0.1) is 16.1 Å². The molecule has 0 amide bonds. The molecule has 0 fully saturated rings. The third kappa shape index (κ3) is 9.99. The minimum absolute atomic E-state index is 0.183. The minimum Gasteiger partial charge on any atom is -0.481 e. The molecule has 4 rings (SSSR count). The molecule has 0 spiro atoms. The number of carboxylic acids is 1. The molecular formula is C37H45I2N2O8S2+. The Morgan fingerprint density at radius 2 is 1.59 bits per heavy atom. The molecule has 51 heavy (non-hydrogen) atoms. The minimum atomic E-state index is -4.41. The molecule has 0 aliphatic carbocycles. The highest BCUT2D eigenvalue weighted by molar-refractivity contribution is 14.1. The Labute approximate surface area is 328 Å². The second-order valence-electron chi connectivity index (χ2n) is 13.6. The molecule has 2 aliphatic heterocycles. The molecule has 1 unspecified atom stereocenters. The Hall–Kier alpha value is -2.38. The molecule has 2 heterocycles. The van der Waals surface area contributed by atoms with Crippen molar-refractivity contribution < 1.29 is 40.4 Å². The summed E-state index contributed by atoms with van der Waals surface area (Å²) in [5.74, 6) is -1.11. The normalized spacial score (nSPS) is 19.7. The van der Waals surface area contributed by atoms with E-state index in [2.05, 4.69) is 82.3 Å². The molecule has 276 valence electrons. The van der Waals surface area contributed by atoms with E-state index < -0.39 is 31.6 Å². The molecule has 1 atom stereocenters. The van der Waals surface area contributed by atoms with Crippen LogP contribution >= 0.6 is 45.2 Å². The first-order valence-electron chi connectivity index (χ1n) is 16.7. The first kappa shape index (κ1) is 41.4. The summed E-state index contributed by atoms with van der Waals surface area (Å²) < 4.78 is 69.6. The highest BCUT2D eigenvalue weighted by Crippen LogP contribution is 2.52. The zero-order chi connectivity index (χ0) is 37.8. The van der Waals surface area contributed by atoms with Gasteiger partial charge in [0.15, 0.2) is 5.71 Å². The number of hydrogen-bond donors (Lipinski definition) is 3. The van der Waals surface area contributed by atoms with E-state index in [1.54, 1.807) is 6.07 Å². The van der Waals surface area contributed by atoms with Crippen LogP contribution in [0.25, 0.3) is 0 Å². The quantitative estimate of drug-likeness (QED) is 0.0498. The largest absolute Gasteiger partial charge is 0.481 e. The number of rotatable bonds is 16. The maximum atomic E-state index is 11.9. The Morgan fingerprint density at radius 1 is 0.902 bits per heavy atom. The van der Waals surface area contributed by atoms with Crippen LogP contribution < -0.4 is 4.90 Å². The van der Waals surface area contributed by atoms with Crippen molar-refractivity contribution in [2.75, 3.05) is 24.2 Å². The van der Waals surface area contributed by atoms with Crippen LogP contribution in [0.4, 0.5) is 11.4 Å². The van der Waals surface area contributed by atoms with Crippen molar-refractivity contribution in [3.8, 4) is 0 Å². The van der Waals surface area contributed by atoms with Crippen LogP contribution in [-0.4, -0.2) is 66.6 Å². The maximum absolute atomic E-state index is 11.9. The van der Waals surface area contributed by atoms with Gasteiger partial charge in [-0.15, -0.1) is 0 Å². The first-order valence-corrected chi connectivity index (χ1v) is 21.9. The van der Waals surface area contributed by atoms with Crippen molar-refractivity contribution in [2.45, 2.75) is 81.4 Å². The van der Waals surface area contributed by atoms with Crippen LogP contribution in [0.2, 0.25) is 0 Å². The SMILES string of the molecule is CN1\C(=C/C=C/C=C/C=C/C2=[N+](CCCCS(=O)(=O)O)c3ccc(S(=O)(=O)O)cc3C2(C)C)C(C)(CCCCCC(=O)O)c2c(I)cc(I)cc21. The summed E-state index contributed by atoms with van der Waals surface area (Å²) in [7, 11) is -6.40. The van der Waals surface area contributed by atoms with Gasteiger partial charge in [0.25, 0.3) is 20.2 Å². The third-order valence-electron chi connectivity index (χ3n) is 9.59. The molecular weight excluding hydrogens is 918 g/mol. The lowest BCUT2D eigenvalue weighted by Crippen LogP contribution is -2.28. The molecule has 0 radical (unpaired) electrons. The Morgan fingerprint density at radius 3 is 2.25 bits per heavy atom. The summed E-state index contributed by atoms with van der Waals surface area (Å²) in [5.41, 5.74) is 5.16. The Bertz CT molecular complexity index is 2050. The van der Waals surface area contributed by atoms with Crippen LogP contribution in [0.1, 0.15) is 76.8 Å². The fourth-order valence-corrected chi connectivity index (χ4v) is 10.6. The summed E-state index contributed by atoms with van der Waals surface area (Å²) in [4.78, 5) is 13.1. The predicted molar refractivity (Wildman–Crippen MR) is 219 cm³/mol. The van der Waals surface area contributed by atoms with E-state index in [1.807, 2.05) is 54.9 Å². The number of aliphatic carboxylic acids is 1. The number of nitrogens with zero attached hydrogens (tertiary/aromatic N) is 2. The fraction of sp³-hybridized carbons (Fsp3) is 0.405. The van der Waals surface area contributed by atoms with Crippen molar-refractivity contribution in [3.05, 3.63) is 96.8 Å². The van der Waals surface area contributed by atoms with Gasteiger partial charge in [0, 0.05) is 67.1 Å². The van der Waals surface area contributed by atoms with E-state index >= 15 is 0 Å². The van der Waals surface area contributed by atoms with E-state index in [0.717, 1.165) is 36.2 Å². The van der Waals surface area contributed by atoms with E-state index in [0.29, 0.717) is 19.4 Å². The van der Waals surface area contributed by atoms with Crippen LogP contribution in [0, 0.1) is 7.14 Å². The summed E-state index contributed by atoms with van der Waals surface area (Å²) in [6.07, 6.45) is 18.0. The standard InChI is InChI=1S/C37H44I2N2O8S2/c1-36(2)28-25-27(51(47,48)49)18-19-30(28)41(21-13-14-22-50(44,45)46)32(36)15-9-6-5-7-10-16-33-37(3,20-12-8-11-17-34(42)43)35-29(39)23-26(38)24-31(35)40(33)4/h5-7,9-10,15-16,18-19,23-25H,8,11-14,17,20-22H2,1-4H3,(H2-,42,43,44,45,46,47,48,49)/p+1. The molecule has 2 aliphatic rings. The van der Waals surface area contributed by atoms with E-state index in [1.165, 1.54) is 36.2 Å². The first-order chi connectivity index (χ1) is 23.8. The number of anilines is 1. The van der Waals surface area contributed by atoms with Gasteiger partial charge in [0.2, 0.25) is 5.69 Å². The average Bonchev–Trinajstić information content (AvgIpc) is 3.36. The number of halogens is 2. The molecule has 2 aromatic rings. The number of carbonyl (C=O) groups is 1. The molecule has 0 bridgehead atoms. The highest BCUT2D eigenvalue weighted by atomic mass is 127. The topological polar surface area (TPSA) is 152 Å². The number of carboxylic acid groups (broad SMARTS) is 1. The summed E-state index contributed by atoms with van der Waals surface area (Å²) >= 11 is 4.77. The van der Waals surface area contributed by atoms with Crippen LogP contribution in [-0.2, 0) is 35.9 Å². The van der Waals surface area contributed by atoms with Gasteiger partial charge in [0.1, 0.15) is 6.54 Å². The lowest BCUT2D eigenvalue weighted by atomic mass is 9.77. The summed E-state index contributed by atoms with van der Waals surface area (Å²) in [6.45, 7) is 6.65. The van der Waals surface area contributed by atoms with Gasteiger partial charge in [-0.25, -0.2) is 0 Å². The van der Waals surface area contributed by atoms with Gasteiger partial charge in [-0.05, 0) is 116 Å². The van der Waals surface area contributed by atoms with Crippen LogP contribution in [0.5, 0.6) is 0 Å². The maximum Gasteiger partial charge on any atom is 0.303 e. The van der Waals surface area contributed by atoms with E-state index in [9.17, 15) is 26.2 Å². The number of allylic oxidation sites excluding steroid dienone is 8.